The first-order valence-corrected chi connectivity index (χ1v) is 4.27. The number of alkyl halides is 1. The van der Waals surface area contributed by atoms with Gasteiger partial charge in [-0.3, -0.25) is 0 Å². The molecule has 0 aromatic heterocycles. The van der Waals surface area contributed by atoms with Crippen LogP contribution in [0.25, 0.3) is 0 Å². The highest BCUT2D eigenvalue weighted by molar-refractivity contribution is 6.17. The summed E-state index contributed by atoms with van der Waals surface area (Å²) in [5.74, 6) is 0.336. The molecule has 2 nitrogen and oxygen atoms in total. The van der Waals surface area contributed by atoms with Crippen molar-refractivity contribution in [1.82, 2.24) is 0 Å². The number of methoxy groups -OCH3 is 1. The van der Waals surface area contributed by atoms with Crippen LogP contribution in [0.5, 0.6) is 5.75 Å². The van der Waals surface area contributed by atoms with E-state index in [4.69, 9.17) is 16.3 Å². The van der Waals surface area contributed by atoms with E-state index in [0.29, 0.717) is 11.3 Å². The summed E-state index contributed by atoms with van der Waals surface area (Å²) < 4.78 is 22.6. The molecule has 1 aromatic carbocycles. The quantitative estimate of drug-likeness (QED) is 0.554. The fraction of sp³-hybridized carbons (Fsp3) is 0.333. The van der Waals surface area contributed by atoms with Crippen molar-refractivity contribution in [3.63, 3.8) is 0 Å². The van der Waals surface area contributed by atoms with Crippen LogP contribution in [-0.2, 0) is 10.6 Å². The molecule has 0 amide bonds. The molecular formula is C9H10ClFO2. The molecule has 0 saturated heterocycles. The van der Waals surface area contributed by atoms with E-state index in [2.05, 4.69) is 4.74 Å². The lowest BCUT2D eigenvalue weighted by Crippen LogP contribution is -1.99. The smallest absolute Gasteiger partial charge is 0.188 e. The summed E-state index contributed by atoms with van der Waals surface area (Å²) in [7, 11) is 1.50. The van der Waals surface area contributed by atoms with E-state index >= 15 is 0 Å². The third-order valence-corrected chi connectivity index (χ3v) is 1.74. The van der Waals surface area contributed by atoms with Crippen LogP contribution in [0.2, 0.25) is 0 Å². The molecule has 0 atom stereocenters. The molecule has 0 aliphatic carbocycles. The molecule has 0 spiro atoms. The van der Waals surface area contributed by atoms with Gasteiger partial charge < -0.3 is 9.47 Å². The van der Waals surface area contributed by atoms with E-state index in [0.717, 1.165) is 0 Å². The van der Waals surface area contributed by atoms with Crippen molar-refractivity contribution in [1.29, 1.82) is 0 Å². The average molecular weight is 205 g/mol. The second-order valence-corrected chi connectivity index (χ2v) is 2.75. The zero-order chi connectivity index (χ0) is 9.68. The van der Waals surface area contributed by atoms with Gasteiger partial charge in [-0.1, -0.05) is 0 Å². The molecule has 1 rings (SSSR count). The van der Waals surface area contributed by atoms with Gasteiger partial charge in [-0.05, 0) is 17.7 Å². The number of hydrogen-bond donors (Lipinski definition) is 0. The standard InChI is InChI=1S/C9H10ClFO2/c1-12-6-13-9-3-7(5-10)2-8(11)4-9/h2-4H,5-6H2,1H3. The first kappa shape index (κ1) is 10.3. The van der Waals surface area contributed by atoms with Crippen molar-refractivity contribution >= 4 is 11.6 Å². The third-order valence-electron chi connectivity index (χ3n) is 1.43. The van der Waals surface area contributed by atoms with Crippen molar-refractivity contribution in [2.45, 2.75) is 5.88 Å². The van der Waals surface area contributed by atoms with E-state index in [-0.39, 0.29) is 18.5 Å². The second-order valence-electron chi connectivity index (χ2n) is 2.48. The van der Waals surface area contributed by atoms with Gasteiger partial charge in [0.15, 0.2) is 6.79 Å². The van der Waals surface area contributed by atoms with Gasteiger partial charge in [-0.2, -0.15) is 0 Å². The molecule has 0 heterocycles. The van der Waals surface area contributed by atoms with E-state index in [1.54, 1.807) is 6.07 Å². The number of ether oxygens (including phenoxy) is 2. The molecule has 0 aliphatic heterocycles. The van der Waals surface area contributed by atoms with Crippen LogP contribution in [0.4, 0.5) is 4.39 Å². The molecule has 0 fully saturated rings. The van der Waals surface area contributed by atoms with E-state index in [1.165, 1.54) is 19.2 Å². The number of halogens is 2. The minimum absolute atomic E-state index is 0.102. The Hall–Kier alpha value is -0.800. The highest BCUT2D eigenvalue weighted by Crippen LogP contribution is 2.17. The first-order valence-electron chi connectivity index (χ1n) is 3.73. The summed E-state index contributed by atoms with van der Waals surface area (Å²) in [6.45, 7) is 0.102. The molecule has 13 heavy (non-hydrogen) atoms. The summed E-state index contributed by atoms with van der Waals surface area (Å²) >= 11 is 5.55. The van der Waals surface area contributed by atoms with Crippen LogP contribution in [0.15, 0.2) is 18.2 Å². The summed E-state index contributed by atoms with van der Waals surface area (Å²) in [4.78, 5) is 0. The van der Waals surface area contributed by atoms with Gasteiger partial charge in [-0.25, -0.2) is 4.39 Å². The lowest BCUT2D eigenvalue weighted by Gasteiger charge is -2.05. The Morgan fingerprint density at radius 1 is 1.38 bits per heavy atom. The molecule has 0 N–H and O–H groups in total. The summed E-state index contributed by atoms with van der Waals surface area (Å²) in [6.07, 6.45) is 0. The minimum atomic E-state index is -0.357. The van der Waals surface area contributed by atoms with Gasteiger partial charge in [0.2, 0.25) is 0 Å². The molecule has 0 saturated carbocycles. The lowest BCUT2D eigenvalue weighted by molar-refractivity contribution is 0.0509. The van der Waals surface area contributed by atoms with Crippen LogP contribution < -0.4 is 4.74 Å². The van der Waals surface area contributed by atoms with Gasteiger partial charge in [0, 0.05) is 19.1 Å². The third kappa shape index (κ3) is 3.20. The minimum Gasteiger partial charge on any atom is -0.467 e. The van der Waals surface area contributed by atoms with Crippen LogP contribution in [0.1, 0.15) is 5.56 Å². The zero-order valence-electron chi connectivity index (χ0n) is 7.22. The SMILES string of the molecule is COCOc1cc(F)cc(CCl)c1. The number of benzene rings is 1. The summed E-state index contributed by atoms with van der Waals surface area (Å²) in [5, 5.41) is 0. The summed E-state index contributed by atoms with van der Waals surface area (Å²) in [5.41, 5.74) is 0.688. The van der Waals surface area contributed by atoms with Crippen molar-refractivity contribution < 1.29 is 13.9 Å². The fourth-order valence-corrected chi connectivity index (χ4v) is 1.06. The first-order chi connectivity index (χ1) is 6.26. The predicted molar refractivity (Wildman–Crippen MR) is 48.5 cm³/mol. The lowest BCUT2D eigenvalue weighted by atomic mass is 10.2. The van der Waals surface area contributed by atoms with Crippen LogP contribution >= 0.6 is 11.6 Å². The van der Waals surface area contributed by atoms with Gasteiger partial charge in [0.1, 0.15) is 11.6 Å². The molecule has 1 aromatic rings. The second kappa shape index (κ2) is 5.04. The molecule has 72 valence electrons. The molecule has 0 unspecified atom stereocenters. The van der Waals surface area contributed by atoms with E-state index in [9.17, 15) is 4.39 Å². The van der Waals surface area contributed by atoms with Gasteiger partial charge >= 0.3 is 0 Å². The maximum atomic E-state index is 12.9. The Kier molecular flexibility index (Phi) is 3.99. The normalized spacial score (nSPS) is 10.1. The molecule has 0 aliphatic rings. The van der Waals surface area contributed by atoms with Crippen LogP contribution in [0, 0.1) is 5.82 Å². The molecule has 0 radical (unpaired) electrons. The van der Waals surface area contributed by atoms with Gasteiger partial charge in [0.25, 0.3) is 0 Å². The monoisotopic (exact) mass is 204 g/mol. The summed E-state index contributed by atoms with van der Waals surface area (Å²) in [6, 6.07) is 4.33. The highest BCUT2D eigenvalue weighted by atomic mass is 35.5. The maximum absolute atomic E-state index is 12.9. The van der Waals surface area contributed by atoms with Crippen molar-refractivity contribution in [3.8, 4) is 5.75 Å². The predicted octanol–water partition coefficient (Wildman–Crippen LogP) is 2.55. The maximum Gasteiger partial charge on any atom is 0.188 e. The van der Waals surface area contributed by atoms with Crippen molar-refractivity contribution in [2.24, 2.45) is 0 Å². The topological polar surface area (TPSA) is 18.5 Å². The van der Waals surface area contributed by atoms with Crippen molar-refractivity contribution in [2.75, 3.05) is 13.9 Å². The van der Waals surface area contributed by atoms with Crippen molar-refractivity contribution in [3.05, 3.63) is 29.6 Å². The van der Waals surface area contributed by atoms with E-state index in [1.807, 2.05) is 0 Å². The fourth-order valence-electron chi connectivity index (χ4n) is 0.908. The Balaban J connectivity index is 2.76. The molecular weight excluding hydrogens is 195 g/mol. The Bertz CT molecular complexity index is 278. The highest BCUT2D eigenvalue weighted by Gasteiger charge is 2.00. The number of rotatable bonds is 4. The molecule has 4 heteroatoms. The van der Waals surface area contributed by atoms with Crippen LogP contribution in [0.3, 0.4) is 0 Å². The zero-order valence-corrected chi connectivity index (χ0v) is 7.97. The van der Waals surface area contributed by atoms with Gasteiger partial charge in [0.05, 0.1) is 0 Å². The Morgan fingerprint density at radius 3 is 2.77 bits per heavy atom. The Labute approximate surface area is 81.2 Å². The average Bonchev–Trinajstić information content (AvgIpc) is 2.14. The molecule has 0 bridgehead atoms. The van der Waals surface area contributed by atoms with Gasteiger partial charge in [-0.15, -0.1) is 11.6 Å². The number of hydrogen-bond acceptors (Lipinski definition) is 2. The Morgan fingerprint density at radius 2 is 2.15 bits per heavy atom. The van der Waals surface area contributed by atoms with E-state index < -0.39 is 0 Å². The largest absolute Gasteiger partial charge is 0.467 e. The van der Waals surface area contributed by atoms with Crippen LogP contribution in [-0.4, -0.2) is 13.9 Å².